The largest absolute Gasteiger partial charge is 0.329 e. The first-order valence-corrected chi connectivity index (χ1v) is 11.9. The highest BCUT2D eigenvalue weighted by Gasteiger charge is 2.29. The molecule has 0 spiro atoms. The lowest BCUT2D eigenvalue weighted by molar-refractivity contribution is -0.136. The van der Waals surface area contributed by atoms with Crippen LogP contribution in [0.15, 0.2) is 66.7 Å². The Hall–Kier alpha value is -3.65. The second-order valence-corrected chi connectivity index (χ2v) is 8.91. The second-order valence-electron chi connectivity index (χ2n) is 8.91. The number of benzene rings is 3. The molecule has 1 aliphatic heterocycles. The van der Waals surface area contributed by atoms with Gasteiger partial charge >= 0.3 is 0 Å². The molecule has 36 heavy (non-hydrogen) atoms. The van der Waals surface area contributed by atoms with Gasteiger partial charge in [0.25, 0.3) is 0 Å². The number of hydrogen-bond acceptors (Lipinski definition) is 3. The summed E-state index contributed by atoms with van der Waals surface area (Å²) in [4.78, 5) is 29.7. The highest BCUT2D eigenvalue weighted by Crippen LogP contribution is 2.27. The average Bonchev–Trinajstić information content (AvgIpc) is 3.01. The number of amides is 2. The number of halogens is 3. The van der Waals surface area contributed by atoms with Gasteiger partial charge in [0.05, 0.1) is 0 Å². The second kappa shape index (κ2) is 11.4. The van der Waals surface area contributed by atoms with Crippen LogP contribution in [0.25, 0.3) is 0 Å². The number of likely N-dealkylation sites (N-methyl/N-ethyl adjacent to an activating group) is 1. The Labute approximate surface area is 208 Å². The van der Waals surface area contributed by atoms with Crippen LogP contribution in [0.1, 0.15) is 23.1 Å². The van der Waals surface area contributed by atoms with Crippen LogP contribution in [0.3, 0.4) is 0 Å². The van der Waals surface area contributed by atoms with Crippen molar-refractivity contribution in [1.82, 2.24) is 10.2 Å². The first-order chi connectivity index (χ1) is 17.4. The molecule has 0 aromatic heterocycles. The topological polar surface area (TPSA) is 52.7 Å². The minimum absolute atomic E-state index is 0.00710. The fraction of sp³-hybridized carbons (Fsp3) is 0.286. The van der Waals surface area contributed by atoms with Crippen LogP contribution in [0, 0.1) is 17.5 Å². The summed E-state index contributed by atoms with van der Waals surface area (Å²) in [5.41, 5.74) is 2.73. The molecule has 1 heterocycles. The van der Waals surface area contributed by atoms with Gasteiger partial charge in [0, 0.05) is 37.3 Å². The first-order valence-electron chi connectivity index (χ1n) is 11.9. The van der Waals surface area contributed by atoms with Crippen molar-refractivity contribution in [2.24, 2.45) is 0 Å². The molecule has 8 heteroatoms. The number of carbonyl (C=O) groups excluding carboxylic acids is 2. The minimum Gasteiger partial charge on any atom is -0.329 e. The summed E-state index contributed by atoms with van der Waals surface area (Å²) in [5, 5.41) is 2.95. The molecule has 0 fully saturated rings. The number of hydrogen-bond donors (Lipinski definition) is 1. The Kier molecular flexibility index (Phi) is 8.05. The third-order valence-electron chi connectivity index (χ3n) is 6.48. The summed E-state index contributed by atoms with van der Waals surface area (Å²) in [6.07, 6.45) is 0.637. The molecule has 0 unspecified atom stereocenters. The predicted octanol–water partition coefficient (Wildman–Crippen LogP) is 4.24. The van der Waals surface area contributed by atoms with Crippen molar-refractivity contribution in [3.63, 3.8) is 0 Å². The van der Waals surface area contributed by atoms with E-state index < -0.39 is 23.5 Å². The van der Waals surface area contributed by atoms with Gasteiger partial charge in [-0.2, -0.15) is 0 Å². The molecule has 1 atom stereocenters. The zero-order chi connectivity index (χ0) is 25.7. The van der Waals surface area contributed by atoms with Gasteiger partial charge in [-0.25, -0.2) is 13.2 Å². The number of nitrogens with zero attached hydrogens (tertiary/aromatic N) is 2. The molecule has 0 radical (unpaired) electrons. The molecule has 4 rings (SSSR count). The van der Waals surface area contributed by atoms with Gasteiger partial charge in [0.1, 0.15) is 12.4 Å². The van der Waals surface area contributed by atoms with Gasteiger partial charge in [-0.1, -0.05) is 48.5 Å². The fourth-order valence-electron chi connectivity index (χ4n) is 4.46. The van der Waals surface area contributed by atoms with E-state index in [0.717, 1.165) is 22.9 Å². The number of rotatable bonds is 8. The highest BCUT2D eigenvalue weighted by atomic mass is 19.2. The van der Waals surface area contributed by atoms with Crippen LogP contribution in [0.5, 0.6) is 0 Å². The fourth-order valence-corrected chi connectivity index (χ4v) is 4.46. The quantitative estimate of drug-likeness (QED) is 0.476. The summed E-state index contributed by atoms with van der Waals surface area (Å²) < 4.78 is 41.1. The van der Waals surface area contributed by atoms with Crippen LogP contribution in [-0.2, 0) is 29.0 Å². The standard InChI is InChI=1S/C28H28F3N3O2/c1-32-22(13-21-14-24(30)25(31)16-23(21)29)15-27(35)33-17-20-9-5-6-10-26(20)34(28(36)18-33)12-11-19-7-3-2-4-8-19/h2-10,14,16,22,32H,11-13,15,17-18H2,1H3/t22-/m1/s1. The van der Waals surface area contributed by atoms with Crippen molar-refractivity contribution in [1.29, 1.82) is 0 Å². The van der Waals surface area contributed by atoms with E-state index in [2.05, 4.69) is 5.32 Å². The summed E-state index contributed by atoms with van der Waals surface area (Å²) in [7, 11) is 1.62. The van der Waals surface area contributed by atoms with E-state index in [4.69, 9.17) is 0 Å². The molecule has 1 aliphatic rings. The summed E-state index contributed by atoms with van der Waals surface area (Å²) in [5.74, 6) is -3.73. The Bertz CT molecular complexity index is 1240. The van der Waals surface area contributed by atoms with Gasteiger partial charge in [0.15, 0.2) is 11.6 Å². The van der Waals surface area contributed by atoms with E-state index in [-0.39, 0.29) is 43.3 Å². The Morgan fingerprint density at radius 3 is 2.39 bits per heavy atom. The average molecular weight is 496 g/mol. The van der Waals surface area contributed by atoms with E-state index in [0.29, 0.717) is 19.0 Å². The molecular formula is C28H28F3N3O2. The van der Waals surface area contributed by atoms with Crippen LogP contribution in [0.4, 0.5) is 18.9 Å². The highest BCUT2D eigenvalue weighted by molar-refractivity contribution is 5.98. The zero-order valence-electron chi connectivity index (χ0n) is 20.0. The van der Waals surface area contributed by atoms with E-state index in [1.54, 1.807) is 11.9 Å². The molecule has 3 aromatic rings. The molecule has 5 nitrogen and oxygen atoms in total. The van der Waals surface area contributed by atoms with Crippen molar-refractivity contribution in [2.75, 3.05) is 25.0 Å². The lowest BCUT2D eigenvalue weighted by Crippen LogP contribution is -2.43. The van der Waals surface area contributed by atoms with Gasteiger partial charge in [-0.15, -0.1) is 0 Å². The number of anilines is 1. The van der Waals surface area contributed by atoms with Crippen LogP contribution in [-0.4, -0.2) is 42.9 Å². The van der Waals surface area contributed by atoms with Crippen molar-refractivity contribution in [3.8, 4) is 0 Å². The molecule has 3 aromatic carbocycles. The smallest absolute Gasteiger partial charge is 0.246 e. The molecular weight excluding hydrogens is 467 g/mol. The number of nitrogens with one attached hydrogen (secondary N) is 1. The third-order valence-corrected chi connectivity index (χ3v) is 6.48. The SMILES string of the molecule is CN[C@@H](CC(=O)N1CC(=O)N(CCc2ccccc2)c2ccccc2C1)Cc1cc(F)c(F)cc1F. The summed E-state index contributed by atoms with van der Waals surface area (Å²) in [6.45, 7) is 0.660. The normalized spacial score (nSPS) is 14.4. The lowest BCUT2D eigenvalue weighted by Gasteiger charge is -2.24. The van der Waals surface area contributed by atoms with Crippen molar-refractivity contribution >= 4 is 17.5 Å². The maximum atomic E-state index is 14.1. The first kappa shape index (κ1) is 25.4. The number of fused-ring (bicyclic) bond motifs is 1. The van der Waals surface area contributed by atoms with Crippen molar-refractivity contribution in [2.45, 2.75) is 31.8 Å². The minimum atomic E-state index is -1.26. The van der Waals surface area contributed by atoms with Crippen molar-refractivity contribution < 1.29 is 22.8 Å². The Morgan fingerprint density at radius 1 is 0.944 bits per heavy atom. The van der Waals surface area contributed by atoms with Gasteiger partial charge in [0.2, 0.25) is 11.8 Å². The van der Waals surface area contributed by atoms with Gasteiger partial charge < -0.3 is 15.1 Å². The van der Waals surface area contributed by atoms with Crippen molar-refractivity contribution in [3.05, 3.63) is 101 Å². The number of para-hydroxylation sites is 1. The lowest BCUT2D eigenvalue weighted by atomic mass is 10.0. The predicted molar refractivity (Wildman–Crippen MR) is 132 cm³/mol. The van der Waals surface area contributed by atoms with Crippen LogP contribution in [0.2, 0.25) is 0 Å². The van der Waals surface area contributed by atoms with E-state index >= 15 is 0 Å². The maximum Gasteiger partial charge on any atom is 0.246 e. The summed E-state index contributed by atoms with van der Waals surface area (Å²) >= 11 is 0. The third kappa shape index (κ3) is 5.94. The maximum absolute atomic E-state index is 14.1. The number of carbonyl (C=O) groups is 2. The molecule has 1 N–H and O–H groups in total. The van der Waals surface area contributed by atoms with E-state index in [1.807, 2.05) is 54.6 Å². The zero-order valence-corrected chi connectivity index (χ0v) is 20.0. The molecule has 2 amide bonds. The monoisotopic (exact) mass is 495 g/mol. The Morgan fingerprint density at radius 2 is 1.64 bits per heavy atom. The molecule has 0 saturated carbocycles. The van der Waals surface area contributed by atoms with Gasteiger partial charge in [-0.3, -0.25) is 9.59 Å². The molecule has 0 saturated heterocycles. The summed E-state index contributed by atoms with van der Waals surface area (Å²) in [6, 6.07) is 18.2. The van der Waals surface area contributed by atoms with E-state index in [9.17, 15) is 22.8 Å². The molecule has 188 valence electrons. The Balaban J connectivity index is 1.48. The van der Waals surface area contributed by atoms with E-state index in [1.165, 1.54) is 4.90 Å². The van der Waals surface area contributed by atoms with Gasteiger partial charge in [-0.05, 0) is 48.7 Å². The molecule has 0 aliphatic carbocycles. The molecule has 0 bridgehead atoms. The van der Waals surface area contributed by atoms with Crippen LogP contribution < -0.4 is 10.2 Å². The van der Waals surface area contributed by atoms with Crippen LogP contribution >= 0.6 is 0 Å².